The molecule has 0 saturated heterocycles. The Kier molecular flexibility index (Phi) is 4.14. The molecule has 0 aliphatic heterocycles. The molecule has 0 unspecified atom stereocenters. The summed E-state index contributed by atoms with van der Waals surface area (Å²) in [4.78, 5) is 0. The zero-order valence-corrected chi connectivity index (χ0v) is 6.44. The van der Waals surface area contributed by atoms with Gasteiger partial charge < -0.3 is 11.1 Å². The molecule has 3 N–H and O–H groups in total. The van der Waals surface area contributed by atoms with Gasteiger partial charge in [-0.15, -0.1) is 0 Å². The topological polar surface area (TPSA) is 38.0 Å². The summed E-state index contributed by atoms with van der Waals surface area (Å²) >= 11 is 0. The highest BCUT2D eigenvalue weighted by atomic mass is 14.9. The second kappa shape index (κ2) is 4.39. The van der Waals surface area contributed by atoms with E-state index in [0.717, 1.165) is 0 Å². The smallest absolute Gasteiger partial charge is 0.0199 e. The molecular formula is C7H16N2. The minimum atomic E-state index is 0.506. The maximum atomic E-state index is 5.35. The number of rotatable bonds is 3. The van der Waals surface area contributed by atoms with E-state index in [1.54, 1.807) is 0 Å². The second-order valence-electron chi connectivity index (χ2n) is 2.52. The van der Waals surface area contributed by atoms with E-state index in [-0.39, 0.29) is 0 Å². The molecule has 0 aromatic rings. The van der Waals surface area contributed by atoms with Gasteiger partial charge in [0, 0.05) is 12.6 Å². The van der Waals surface area contributed by atoms with E-state index in [4.69, 9.17) is 5.73 Å². The fraction of sp³-hybridized carbons (Fsp3) is 0.714. The van der Waals surface area contributed by atoms with Gasteiger partial charge in [-0.2, -0.15) is 0 Å². The summed E-state index contributed by atoms with van der Waals surface area (Å²) < 4.78 is 0. The summed E-state index contributed by atoms with van der Waals surface area (Å²) in [5, 5.41) is 3.15. The first kappa shape index (κ1) is 8.50. The van der Waals surface area contributed by atoms with E-state index in [1.165, 1.54) is 5.57 Å². The highest BCUT2D eigenvalue weighted by molar-refractivity contribution is 4.97. The molecule has 0 aromatic carbocycles. The molecule has 2 heteroatoms. The lowest BCUT2D eigenvalue weighted by molar-refractivity contribution is 0.697. The molecule has 0 saturated carbocycles. The van der Waals surface area contributed by atoms with Crippen molar-refractivity contribution in [3.05, 3.63) is 11.8 Å². The Morgan fingerprint density at radius 1 is 1.67 bits per heavy atom. The van der Waals surface area contributed by atoms with Crippen LogP contribution >= 0.6 is 0 Å². The Hall–Kier alpha value is -0.500. The van der Waals surface area contributed by atoms with E-state index >= 15 is 0 Å². The van der Waals surface area contributed by atoms with Gasteiger partial charge in [0.05, 0.1) is 0 Å². The molecule has 0 amide bonds. The predicted molar refractivity (Wildman–Crippen MR) is 41.1 cm³/mol. The third kappa shape index (κ3) is 5.37. The fourth-order valence-electron chi connectivity index (χ4n) is 0.368. The van der Waals surface area contributed by atoms with Crippen molar-refractivity contribution in [1.29, 1.82) is 0 Å². The number of nitrogens with one attached hydrogen (secondary N) is 1. The van der Waals surface area contributed by atoms with Crippen LogP contribution in [0.2, 0.25) is 0 Å². The average molecular weight is 128 g/mol. The summed E-state index contributed by atoms with van der Waals surface area (Å²) in [6.45, 7) is 6.84. The van der Waals surface area contributed by atoms with Crippen LogP contribution in [0.1, 0.15) is 20.8 Å². The van der Waals surface area contributed by atoms with Crippen molar-refractivity contribution < 1.29 is 0 Å². The summed E-state index contributed by atoms with van der Waals surface area (Å²) in [7, 11) is 0. The summed E-state index contributed by atoms with van der Waals surface area (Å²) in [5.41, 5.74) is 6.53. The Balaban J connectivity index is 3.43. The molecule has 0 heterocycles. The van der Waals surface area contributed by atoms with Crippen LogP contribution in [0.3, 0.4) is 0 Å². The largest absolute Gasteiger partial charge is 0.389 e. The normalized spacial score (nSPS) is 12.3. The van der Waals surface area contributed by atoms with Crippen molar-refractivity contribution in [2.45, 2.75) is 26.8 Å². The van der Waals surface area contributed by atoms with E-state index in [0.29, 0.717) is 12.6 Å². The molecule has 0 radical (unpaired) electrons. The average Bonchev–Trinajstić information content (AvgIpc) is 1.83. The minimum absolute atomic E-state index is 0.506. The first-order chi connectivity index (χ1) is 4.16. The lowest BCUT2D eigenvalue weighted by Gasteiger charge is -2.04. The maximum Gasteiger partial charge on any atom is 0.0199 e. The van der Waals surface area contributed by atoms with Gasteiger partial charge in [-0.1, -0.05) is 0 Å². The fourth-order valence-corrected chi connectivity index (χ4v) is 0.368. The Bertz CT molecular complexity index is 95.1. The van der Waals surface area contributed by atoms with E-state index in [9.17, 15) is 0 Å². The van der Waals surface area contributed by atoms with Crippen molar-refractivity contribution >= 4 is 0 Å². The monoisotopic (exact) mass is 128 g/mol. The Morgan fingerprint density at radius 3 is 2.56 bits per heavy atom. The van der Waals surface area contributed by atoms with E-state index in [1.807, 2.05) is 13.1 Å². The van der Waals surface area contributed by atoms with Crippen LogP contribution in [0.25, 0.3) is 0 Å². The standard InChI is InChI=1S/C7H16N2/c1-6(2)9-5-7(3)4-8/h5-6,9H,4,8H2,1-3H3/b7-5+. The third-order valence-electron chi connectivity index (χ3n) is 0.985. The first-order valence-electron chi connectivity index (χ1n) is 3.28. The highest BCUT2D eigenvalue weighted by Gasteiger charge is 1.85. The Morgan fingerprint density at radius 2 is 2.22 bits per heavy atom. The zero-order chi connectivity index (χ0) is 7.28. The summed E-state index contributed by atoms with van der Waals surface area (Å²) in [5.74, 6) is 0. The van der Waals surface area contributed by atoms with Gasteiger partial charge in [-0.25, -0.2) is 0 Å². The van der Waals surface area contributed by atoms with Crippen LogP contribution in [-0.4, -0.2) is 12.6 Å². The van der Waals surface area contributed by atoms with Crippen molar-refractivity contribution in [2.75, 3.05) is 6.54 Å². The lowest BCUT2D eigenvalue weighted by Crippen LogP contribution is -2.17. The Labute approximate surface area is 57.1 Å². The molecule has 2 nitrogen and oxygen atoms in total. The molecule has 0 atom stereocenters. The van der Waals surface area contributed by atoms with Gasteiger partial charge in [-0.05, 0) is 32.5 Å². The van der Waals surface area contributed by atoms with E-state index < -0.39 is 0 Å². The molecule has 0 fully saturated rings. The molecule has 0 rings (SSSR count). The van der Waals surface area contributed by atoms with Crippen molar-refractivity contribution in [1.82, 2.24) is 5.32 Å². The molecule has 0 spiro atoms. The van der Waals surface area contributed by atoms with Gasteiger partial charge in [0.1, 0.15) is 0 Å². The first-order valence-corrected chi connectivity index (χ1v) is 3.28. The van der Waals surface area contributed by atoms with Gasteiger partial charge in [0.25, 0.3) is 0 Å². The SMILES string of the molecule is C/C(=C\NC(C)C)CN. The molecule has 0 aromatic heterocycles. The van der Waals surface area contributed by atoms with Crippen LogP contribution < -0.4 is 11.1 Å². The van der Waals surface area contributed by atoms with Crippen LogP contribution in [0.15, 0.2) is 11.8 Å². The number of nitrogens with two attached hydrogens (primary N) is 1. The van der Waals surface area contributed by atoms with Crippen molar-refractivity contribution in [2.24, 2.45) is 5.73 Å². The molecule has 9 heavy (non-hydrogen) atoms. The van der Waals surface area contributed by atoms with Crippen LogP contribution in [-0.2, 0) is 0 Å². The number of hydrogen-bond donors (Lipinski definition) is 2. The minimum Gasteiger partial charge on any atom is -0.389 e. The second-order valence-corrected chi connectivity index (χ2v) is 2.52. The zero-order valence-electron chi connectivity index (χ0n) is 6.44. The maximum absolute atomic E-state index is 5.35. The van der Waals surface area contributed by atoms with Crippen LogP contribution in [0.4, 0.5) is 0 Å². The van der Waals surface area contributed by atoms with Gasteiger partial charge >= 0.3 is 0 Å². The quantitative estimate of drug-likeness (QED) is 0.591. The number of hydrogen-bond acceptors (Lipinski definition) is 2. The lowest BCUT2D eigenvalue weighted by atomic mass is 10.3. The predicted octanol–water partition coefficient (Wildman–Crippen LogP) is 0.847. The van der Waals surface area contributed by atoms with Gasteiger partial charge in [-0.3, -0.25) is 0 Å². The highest BCUT2D eigenvalue weighted by Crippen LogP contribution is 1.85. The molecule has 0 aliphatic rings. The summed E-state index contributed by atoms with van der Waals surface area (Å²) in [6.07, 6.45) is 1.96. The molecular weight excluding hydrogens is 112 g/mol. The third-order valence-corrected chi connectivity index (χ3v) is 0.985. The van der Waals surface area contributed by atoms with E-state index in [2.05, 4.69) is 19.2 Å². The van der Waals surface area contributed by atoms with Crippen LogP contribution in [0, 0.1) is 0 Å². The van der Waals surface area contributed by atoms with Crippen molar-refractivity contribution in [3.8, 4) is 0 Å². The van der Waals surface area contributed by atoms with Crippen molar-refractivity contribution in [3.63, 3.8) is 0 Å². The molecule has 0 aliphatic carbocycles. The molecule has 0 bridgehead atoms. The van der Waals surface area contributed by atoms with Gasteiger partial charge in [0.2, 0.25) is 0 Å². The molecule has 54 valence electrons. The van der Waals surface area contributed by atoms with Crippen LogP contribution in [0.5, 0.6) is 0 Å². The van der Waals surface area contributed by atoms with Gasteiger partial charge in [0.15, 0.2) is 0 Å². The summed E-state index contributed by atoms with van der Waals surface area (Å²) in [6, 6.07) is 0.506.